The third-order valence-electron chi connectivity index (χ3n) is 3.13. The predicted octanol–water partition coefficient (Wildman–Crippen LogP) is 3.83. The van der Waals surface area contributed by atoms with Crippen molar-refractivity contribution in [1.82, 2.24) is 20.0 Å². The molecule has 0 amide bonds. The second kappa shape index (κ2) is 6.22. The Morgan fingerprint density at radius 2 is 2.10 bits per heavy atom. The van der Waals surface area contributed by atoms with Gasteiger partial charge in [-0.3, -0.25) is 0 Å². The first-order valence-electron chi connectivity index (χ1n) is 6.80. The van der Waals surface area contributed by atoms with Gasteiger partial charge in [0.15, 0.2) is 0 Å². The Morgan fingerprint density at radius 3 is 2.86 bits per heavy atom. The fourth-order valence-electron chi connectivity index (χ4n) is 2.00. The maximum Gasteiger partial charge on any atom is 0.226 e. The van der Waals surface area contributed by atoms with Crippen molar-refractivity contribution in [1.29, 1.82) is 0 Å². The van der Waals surface area contributed by atoms with Crippen LogP contribution in [0.1, 0.15) is 29.6 Å². The van der Waals surface area contributed by atoms with Gasteiger partial charge in [0.25, 0.3) is 0 Å². The molecule has 0 saturated carbocycles. The molecule has 21 heavy (non-hydrogen) atoms. The largest absolute Gasteiger partial charge is 0.444 e. The molecule has 0 spiro atoms. The van der Waals surface area contributed by atoms with Gasteiger partial charge in [-0.05, 0) is 18.6 Å². The Kier molecular flexibility index (Phi) is 4.15. The van der Waals surface area contributed by atoms with Crippen molar-refractivity contribution in [3.63, 3.8) is 0 Å². The summed E-state index contributed by atoms with van der Waals surface area (Å²) in [5.74, 6) is 0.623. The van der Waals surface area contributed by atoms with Crippen LogP contribution in [0.2, 0.25) is 0 Å². The number of alkyl halides is 1. The number of halogens is 1. The first kappa shape index (κ1) is 14.0. The number of oxazole rings is 1. The minimum absolute atomic E-state index is 0.239. The van der Waals surface area contributed by atoms with E-state index in [0.29, 0.717) is 12.4 Å². The molecule has 6 heteroatoms. The van der Waals surface area contributed by atoms with E-state index < -0.39 is 0 Å². The number of aromatic nitrogens is 4. The quantitative estimate of drug-likeness (QED) is 0.659. The van der Waals surface area contributed by atoms with Gasteiger partial charge in [-0.1, -0.05) is 46.3 Å². The van der Waals surface area contributed by atoms with E-state index in [4.69, 9.17) is 4.42 Å². The maximum atomic E-state index is 5.52. The molecule has 1 unspecified atom stereocenters. The minimum atomic E-state index is 0.239. The molecule has 2 heterocycles. The summed E-state index contributed by atoms with van der Waals surface area (Å²) >= 11 is 3.57. The summed E-state index contributed by atoms with van der Waals surface area (Å²) in [6.07, 6.45) is 4.57. The molecule has 3 rings (SSSR count). The van der Waals surface area contributed by atoms with Crippen LogP contribution in [0.15, 0.2) is 47.2 Å². The molecule has 2 aromatic heterocycles. The van der Waals surface area contributed by atoms with Crippen LogP contribution in [-0.2, 0) is 6.54 Å². The van der Waals surface area contributed by atoms with Crippen LogP contribution in [0.3, 0.4) is 0 Å². The number of hydrogen-bond acceptors (Lipinski definition) is 4. The van der Waals surface area contributed by atoms with Crippen LogP contribution < -0.4 is 0 Å². The van der Waals surface area contributed by atoms with E-state index in [1.54, 1.807) is 10.9 Å². The molecule has 108 valence electrons. The Labute approximate surface area is 131 Å². The third-order valence-corrected chi connectivity index (χ3v) is 4.25. The first-order chi connectivity index (χ1) is 10.3. The molecule has 0 aliphatic carbocycles. The third kappa shape index (κ3) is 3.21. The smallest absolute Gasteiger partial charge is 0.226 e. The van der Waals surface area contributed by atoms with Crippen molar-refractivity contribution in [2.75, 3.05) is 0 Å². The van der Waals surface area contributed by atoms with E-state index in [1.807, 2.05) is 36.5 Å². The van der Waals surface area contributed by atoms with Gasteiger partial charge >= 0.3 is 0 Å². The molecule has 0 bridgehead atoms. The molecule has 5 nitrogen and oxygen atoms in total. The van der Waals surface area contributed by atoms with Crippen LogP contribution in [0.4, 0.5) is 0 Å². The fourth-order valence-corrected chi connectivity index (χ4v) is 2.21. The summed E-state index contributed by atoms with van der Waals surface area (Å²) in [6.45, 7) is 2.65. The summed E-state index contributed by atoms with van der Waals surface area (Å²) in [7, 11) is 0. The molecular formula is C15H15BrN4O. The molecule has 0 N–H and O–H groups in total. The summed E-state index contributed by atoms with van der Waals surface area (Å²) in [6, 6.07) is 9.84. The highest BCUT2D eigenvalue weighted by molar-refractivity contribution is 9.09. The highest BCUT2D eigenvalue weighted by Crippen LogP contribution is 2.23. The molecule has 3 aromatic rings. The predicted molar refractivity (Wildman–Crippen MR) is 83.0 cm³/mol. The molecule has 0 saturated heterocycles. The second-order valence-corrected chi connectivity index (χ2v) is 5.83. The number of nitrogens with zero attached hydrogens (tertiary/aromatic N) is 4. The molecular weight excluding hydrogens is 332 g/mol. The molecule has 1 atom stereocenters. The standard InChI is InChI=1S/C15H15BrN4O/c1-2-13(16)14-9-20(19-18-14)8-12-10-21-15(17-12)11-6-4-3-5-7-11/h3-7,9-10,13H,2,8H2,1H3. The van der Waals surface area contributed by atoms with E-state index in [-0.39, 0.29) is 4.83 Å². The Hall–Kier alpha value is -1.95. The average molecular weight is 347 g/mol. The Bertz CT molecular complexity index is 707. The van der Waals surface area contributed by atoms with E-state index in [2.05, 4.69) is 38.1 Å². The molecule has 0 radical (unpaired) electrons. The highest BCUT2D eigenvalue weighted by atomic mass is 79.9. The second-order valence-electron chi connectivity index (χ2n) is 4.73. The summed E-state index contributed by atoms with van der Waals surface area (Å²) < 4.78 is 7.29. The van der Waals surface area contributed by atoms with Crippen LogP contribution in [-0.4, -0.2) is 20.0 Å². The van der Waals surface area contributed by atoms with Crippen LogP contribution in [0.5, 0.6) is 0 Å². The Balaban J connectivity index is 1.74. The lowest BCUT2D eigenvalue weighted by Crippen LogP contribution is -2.00. The molecule has 1 aromatic carbocycles. The monoisotopic (exact) mass is 346 g/mol. The van der Waals surface area contributed by atoms with Gasteiger partial charge in [0.1, 0.15) is 12.0 Å². The van der Waals surface area contributed by atoms with Crippen LogP contribution in [0, 0.1) is 0 Å². The van der Waals surface area contributed by atoms with E-state index >= 15 is 0 Å². The van der Waals surface area contributed by atoms with E-state index in [0.717, 1.165) is 23.4 Å². The number of hydrogen-bond donors (Lipinski definition) is 0. The summed E-state index contributed by atoms with van der Waals surface area (Å²) in [4.78, 5) is 4.72. The van der Waals surface area contributed by atoms with Crippen LogP contribution >= 0.6 is 15.9 Å². The maximum absolute atomic E-state index is 5.52. The van der Waals surface area contributed by atoms with Crippen molar-refractivity contribution in [2.45, 2.75) is 24.7 Å². The molecule has 0 aliphatic heterocycles. The van der Waals surface area contributed by atoms with Crippen molar-refractivity contribution in [2.24, 2.45) is 0 Å². The van der Waals surface area contributed by atoms with Crippen LogP contribution in [0.25, 0.3) is 11.5 Å². The van der Waals surface area contributed by atoms with Gasteiger partial charge in [-0.2, -0.15) is 0 Å². The number of rotatable bonds is 5. The minimum Gasteiger partial charge on any atom is -0.444 e. The first-order valence-corrected chi connectivity index (χ1v) is 7.71. The van der Waals surface area contributed by atoms with E-state index in [9.17, 15) is 0 Å². The van der Waals surface area contributed by atoms with Crippen molar-refractivity contribution < 1.29 is 4.42 Å². The fraction of sp³-hybridized carbons (Fsp3) is 0.267. The van der Waals surface area contributed by atoms with E-state index in [1.165, 1.54) is 0 Å². The van der Waals surface area contributed by atoms with Gasteiger partial charge in [0.05, 0.1) is 23.3 Å². The molecule has 0 fully saturated rings. The lowest BCUT2D eigenvalue weighted by Gasteiger charge is -1.99. The van der Waals surface area contributed by atoms with Gasteiger partial charge in [-0.15, -0.1) is 5.10 Å². The lowest BCUT2D eigenvalue weighted by atomic mass is 10.2. The topological polar surface area (TPSA) is 56.7 Å². The summed E-state index contributed by atoms with van der Waals surface area (Å²) in [5, 5.41) is 8.27. The summed E-state index contributed by atoms with van der Waals surface area (Å²) in [5.41, 5.74) is 2.73. The molecule has 0 aliphatic rings. The zero-order chi connectivity index (χ0) is 14.7. The average Bonchev–Trinajstić information content (AvgIpc) is 3.17. The van der Waals surface area contributed by atoms with Gasteiger partial charge in [0, 0.05) is 5.56 Å². The van der Waals surface area contributed by atoms with Crippen molar-refractivity contribution >= 4 is 15.9 Å². The lowest BCUT2D eigenvalue weighted by molar-refractivity contribution is 0.568. The van der Waals surface area contributed by atoms with Gasteiger partial charge in [-0.25, -0.2) is 9.67 Å². The van der Waals surface area contributed by atoms with Crippen molar-refractivity contribution in [3.8, 4) is 11.5 Å². The SMILES string of the molecule is CCC(Br)c1cn(Cc2coc(-c3ccccc3)n2)nn1. The zero-order valence-electron chi connectivity index (χ0n) is 11.6. The normalized spacial score (nSPS) is 12.5. The van der Waals surface area contributed by atoms with Gasteiger partial charge in [0.2, 0.25) is 5.89 Å². The van der Waals surface area contributed by atoms with Crippen molar-refractivity contribution in [3.05, 3.63) is 54.2 Å². The highest BCUT2D eigenvalue weighted by Gasteiger charge is 2.11. The zero-order valence-corrected chi connectivity index (χ0v) is 13.2. The van der Waals surface area contributed by atoms with Gasteiger partial charge < -0.3 is 4.42 Å². The Morgan fingerprint density at radius 1 is 1.29 bits per heavy atom. The number of benzene rings is 1.